The Kier molecular flexibility index (Phi) is 5.37. The summed E-state index contributed by atoms with van der Waals surface area (Å²) >= 11 is 0. The maximum Gasteiger partial charge on any atom is 0.243 e. The summed E-state index contributed by atoms with van der Waals surface area (Å²) in [6.45, 7) is 7.51. The van der Waals surface area contributed by atoms with Crippen molar-refractivity contribution in [3.05, 3.63) is 29.3 Å². The summed E-state index contributed by atoms with van der Waals surface area (Å²) in [6.07, 6.45) is 1.09. The van der Waals surface area contributed by atoms with Gasteiger partial charge in [-0.05, 0) is 43.1 Å². The van der Waals surface area contributed by atoms with E-state index in [2.05, 4.69) is 11.8 Å². The van der Waals surface area contributed by atoms with Gasteiger partial charge in [-0.3, -0.25) is 0 Å². The van der Waals surface area contributed by atoms with Crippen molar-refractivity contribution >= 4 is 10.0 Å². The summed E-state index contributed by atoms with van der Waals surface area (Å²) in [7, 11) is -3.45. The van der Waals surface area contributed by atoms with E-state index in [4.69, 9.17) is 0 Å². The first-order valence-electron chi connectivity index (χ1n) is 7.42. The first kappa shape index (κ1) is 16.4. The van der Waals surface area contributed by atoms with Gasteiger partial charge < -0.3 is 10.0 Å². The predicted molar refractivity (Wildman–Crippen MR) is 82.6 cm³/mol. The molecule has 0 aliphatic carbocycles. The van der Waals surface area contributed by atoms with Crippen LogP contribution in [0.1, 0.15) is 24.5 Å². The molecule has 118 valence electrons. The molecule has 21 heavy (non-hydrogen) atoms. The smallest absolute Gasteiger partial charge is 0.243 e. The normalized spacial score (nSPS) is 18.0. The molecule has 1 aliphatic rings. The van der Waals surface area contributed by atoms with Gasteiger partial charge in [-0.2, -0.15) is 4.31 Å². The lowest BCUT2D eigenvalue weighted by Crippen LogP contribution is -2.48. The second kappa shape index (κ2) is 6.87. The van der Waals surface area contributed by atoms with Crippen molar-refractivity contribution in [2.45, 2.75) is 31.8 Å². The average molecular weight is 312 g/mol. The molecule has 1 aliphatic heterocycles. The Hall–Kier alpha value is -0.950. The quantitative estimate of drug-likeness (QED) is 0.887. The van der Waals surface area contributed by atoms with Gasteiger partial charge in [0.1, 0.15) is 0 Å². The van der Waals surface area contributed by atoms with Gasteiger partial charge in [0, 0.05) is 26.2 Å². The lowest BCUT2D eigenvalue weighted by Gasteiger charge is -2.33. The fourth-order valence-electron chi connectivity index (χ4n) is 2.64. The van der Waals surface area contributed by atoms with Crippen LogP contribution < -0.4 is 0 Å². The second-order valence-corrected chi connectivity index (χ2v) is 7.43. The van der Waals surface area contributed by atoms with Crippen LogP contribution in [-0.2, 0) is 16.6 Å². The number of aryl methyl sites for hydroxylation is 1. The molecule has 0 bridgehead atoms. The van der Waals surface area contributed by atoms with Gasteiger partial charge in [0.05, 0.1) is 11.5 Å². The van der Waals surface area contributed by atoms with Gasteiger partial charge in [0.25, 0.3) is 0 Å². The van der Waals surface area contributed by atoms with Crippen LogP contribution in [0.5, 0.6) is 0 Å². The third-order valence-corrected chi connectivity index (χ3v) is 5.89. The number of aliphatic hydroxyl groups is 1. The van der Waals surface area contributed by atoms with E-state index in [1.807, 2.05) is 6.92 Å². The lowest BCUT2D eigenvalue weighted by molar-refractivity contribution is 0.188. The molecule has 0 radical (unpaired) electrons. The standard InChI is InChI=1S/C15H24N2O3S/c1-3-6-16-7-9-17(10-8-16)21(19,20)15-5-4-13(2)14(11-15)12-18/h4-5,11,18H,3,6-10,12H2,1-2H3. The number of piperazine rings is 1. The minimum atomic E-state index is -3.45. The minimum absolute atomic E-state index is 0.139. The van der Waals surface area contributed by atoms with Crippen molar-refractivity contribution in [3.8, 4) is 0 Å². The van der Waals surface area contributed by atoms with E-state index >= 15 is 0 Å². The highest BCUT2D eigenvalue weighted by atomic mass is 32.2. The molecule has 1 heterocycles. The van der Waals surface area contributed by atoms with E-state index in [1.54, 1.807) is 22.5 Å². The van der Waals surface area contributed by atoms with Crippen LogP contribution in [0.25, 0.3) is 0 Å². The Labute approximate surface area is 127 Å². The number of nitrogens with zero attached hydrogens (tertiary/aromatic N) is 2. The van der Waals surface area contributed by atoms with E-state index < -0.39 is 10.0 Å². The van der Waals surface area contributed by atoms with Crippen molar-refractivity contribution in [2.75, 3.05) is 32.7 Å². The molecule has 6 heteroatoms. The summed E-state index contributed by atoms with van der Waals surface area (Å²) in [5, 5.41) is 9.30. The van der Waals surface area contributed by atoms with Crippen LogP contribution >= 0.6 is 0 Å². The van der Waals surface area contributed by atoms with Crippen LogP contribution in [0.2, 0.25) is 0 Å². The van der Waals surface area contributed by atoms with Crippen molar-refractivity contribution in [1.82, 2.24) is 9.21 Å². The molecule has 1 fully saturated rings. The van der Waals surface area contributed by atoms with E-state index in [9.17, 15) is 13.5 Å². The molecule has 5 nitrogen and oxygen atoms in total. The van der Waals surface area contributed by atoms with Gasteiger partial charge >= 0.3 is 0 Å². The predicted octanol–water partition coefficient (Wildman–Crippen LogP) is 1.20. The fraction of sp³-hybridized carbons (Fsp3) is 0.600. The van der Waals surface area contributed by atoms with Gasteiger partial charge in [0.15, 0.2) is 0 Å². The number of hydrogen-bond donors (Lipinski definition) is 1. The van der Waals surface area contributed by atoms with E-state index in [0.29, 0.717) is 18.7 Å². The number of benzene rings is 1. The van der Waals surface area contributed by atoms with Crippen LogP contribution in [0.15, 0.2) is 23.1 Å². The average Bonchev–Trinajstić information content (AvgIpc) is 2.48. The first-order valence-corrected chi connectivity index (χ1v) is 8.86. The Bertz CT molecular complexity index is 579. The van der Waals surface area contributed by atoms with Crippen LogP contribution in [-0.4, -0.2) is 55.5 Å². The largest absolute Gasteiger partial charge is 0.392 e. The molecule has 0 amide bonds. The number of aliphatic hydroxyl groups excluding tert-OH is 1. The lowest BCUT2D eigenvalue weighted by atomic mass is 10.1. The highest BCUT2D eigenvalue weighted by molar-refractivity contribution is 7.89. The molecule has 1 aromatic carbocycles. The highest BCUT2D eigenvalue weighted by Crippen LogP contribution is 2.21. The third kappa shape index (κ3) is 3.63. The molecule has 2 rings (SSSR count). The molecular formula is C15H24N2O3S. The van der Waals surface area contributed by atoms with Gasteiger partial charge in [0.2, 0.25) is 10.0 Å². The van der Waals surface area contributed by atoms with Crippen molar-refractivity contribution in [2.24, 2.45) is 0 Å². The Morgan fingerprint density at radius 1 is 1.19 bits per heavy atom. The maximum absolute atomic E-state index is 12.7. The summed E-state index contributed by atoms with van der Waals surface area (Å²) < 4.78 is 26.9. The van der Waals surface area contributed by atoms with Gasteiger partial charge in [-0.15, -0.1) is 0 Å². The summed E-state index contributed by atoms with van der Waals surface area (Å²) in [5.41, 5.74) is 1.57. The zero-order valence-corrected chi connectivity index (χ0v) is 13.6. The number of hydrogen-bond acceptors (Lipinski definition) is 4. The first-order chi connectivity index (χ1) is 9.98. The molecule has 0 saturated carbocycles. The zero-order valence-electron chi connectivity index (χ0n) is 12.7. The SMILES string of the molecule is CCCN1CCN(S(=O)(=O)c2ccc(C)c(CO)c2)CC1. The number of sulfonamides is 1. The molecule has 0 spiro atoms. The molecule has 0 unspecified atom stereocenters. The summed E-state index contributed by atoms with van der Waals surface area (Å²) in [4.78, 5) is 2.57. The topological polar surface area (TPSA) is 60.9 Å². The monoisotopic (exact) mass is 312 g/mol. The molecule has 1 aromatic rings. The van der Waals surface area contributed by atoms with E-state index in [1.165, 1.54) is 0 Å². The Balaban J connectivity index is 2.15. The van der Waals surface area contributed by atoms with E-state index in [0.717, 1.165) is 31.6 Å². The Morgan fingerprint density at radius 2 is 1.86 bits per heavy atom. The Morgan fingerprint density at radius 3 is 2.43 bits per heavy atom. The zero-order chi connectivity index (χ0) is 15.5. The van der Waals surface area contributed by atoms with Gasteiger partial charge in [-0.25, -0.2) is 8.42 Å². The fourth-order valence-corrected chi connectivity index (χ4v) is 4.11. The van der Waals surface area contributed by atoms with E-state index in [-0.39, 0.29) is 11.5 Å². The summed E-state index contributed by atoms with van der Waals surface area (Å²) in [5.74, 6) is 0. The summed E-state index contributed by atoms with van der Waals surface area (Å²) in [6, 6.07) is 4.97. The van der Waals surface area contributed by atoms with Crippen molar-refractivity contribution < 1.29 is 13.5 Å². The van der Waals surface area contributed by atoms with Gasteiger partial charge in [-0.1, -0.05) is 13.0 Å². The highest BCUT2D eigenvalue weighted by Gasteiger charge is 2.28. The molecule has 0 atom stereocenters. The van der Waals surface area contributed by atoms with Crippen LogP contribution in [0, 0.1) is 6.92 Å². The molecule has 1 saturated heterocycles. The number of rotatable bonds is 5. The third-order valence-electron chi connectivity index (χ3n) is 4.00. The van der Waals surface area contributed by atoms with Crippen molar-refractivity contribution in [3.63, 3.8) is 0 Å². The minimum Gasteiger partial charge on any atom is -0.392 e. The molecular weight excluding hydrogens is 288 g/mol. The maximum atomic E-state index is 12.7. The van der Waals surface area contributed by atoms with Crippen molar-refractivity contribution in [1.29, 1.82) is 0 Å². The second-order valence-electron chi connectivity index (χ2n) is 5.49. The van der Waals surface area contributed by atoms with Crippen LogP contribution in [0.3, 0.4) is 0 Å². The molecule has 1 N–H and O–H groups in total. The van der Waals surface area contributed by atoms with Crippen LogP contribution in [0.4, 0.5) is 0 Å². The molecule has 0 aromatic heterocycles.